The van der Waals surface area contributed by atoms with Crippen LogP contribution in [0, 0.1) is 0 Å². The summed E-state index contributed by atoms with van der Waals surface area (Å²) < 4.78 is 15.0. The normalized spacial score (nSPS) is 15.3. The Morgan fingerprint density at radius 1 is 1.69 bits per heavy atom. The van der Waals surface area contributed by atoms with Crippen LogP contribution in [0.4, 0.5) is 0 Å². The van der Waals surface area contributed by atoms with Crippen molar-refractivity contribution in [2.75, 3.05) is 19.0 Å². The molecule has 0 bridgehead atoms. The first-order valence-corrected chi connectivity index (χ1v) is 7.78. The third kappa shape index (κ3) is 7.09. The SMILES string of the molecule is CO[C@H](C=O)OC(CBr)COSI. The van der Waals surface area contributed by atoms with Gasteiger partial charge >= 0.3 is 0 Å². The van der Waals surface area contributed by atoms with E-state index in [-0.39, 0.29) is 6.10 Å². The molecule has 0 fully saturated rings. The van der Waals surface area contributed by atoms with Gasteiger partial charge in [0.05, 0.1) is 21.9 Å². The zero-order valence-corrected chi connectivity index (χ0v) is 11.5. The third-order valence-electron chi connectivity index (χ3n) is 1.14. The molecular formula is C6H10BrIO4S. The van der Waals surface area contributed by atoms with Gasteiger partial charge in [0.25, 0.3) is 0 Å². The van der Waals surface area contributed by atoms with E-state index in [0.717, 1.165) is 0 Å². The Balaban J connectivity index is 3.73. The Labute approximate surface area is 102 Å². The Kier molecular flexibility index (Phi) is 10.5. The highest BCUT2D eigenvalue weighted by Gasteiger charge is 2.14. The lowest BCUT2D eigenvalue weighted by Gasteiger charge is -2.17. The number of rotatable bonds is 8. The number of hydrogen-bond donors (Lipinski definition) is 0. The van der Waals surface area contributed by atoms with Crippen LogP contribution in [-0.2, 0) is 18.5 Å². The van der Waals surface area contributed by atoms with Crippen LogP contribution in [0.1, 0.15) is 0 Å². The molecule has 0 radical (unpaired) electrons. The zero-order chi connectivity index (χ0) is 10.1. The minimum Gasteiger partial charge on any atom is -0.350 e. The summed E-state index contributed by atoms with van der Waals surface area (Å²) in [6, 6.07) is 0. The molecule has 7 heteroatoms. The molecule has 0 heterocycles. The minimum atomic E-state index is -0.814. The number of halogens is 2. The van der Waals surface area contributed by atoms with E-state index in [0.29, 0.717) is 18.2 Å². The quantitative estimate of drug-likeness (QED) is 0.210. The van der Waals surface area contributed by atoms with E-state index >= 15 is 0 Å². The second-order valence-electron chi connectivity index (χ2n) is 2.00. The van der Waals surface area contributed by atoms with Crippen molar-refractivity contribution in [2.24, 2.45) is 0 Å². The first kappa shape index (κ1) is 14.1. The van der Waals surface area contributed by atoms with Crippen molar-refractivity contribution < 1.29 is 18.5 Å². The predicted molar refractivity (Wildman–Crippen MR) is 63.1 cm³/mol. The van der Waals surface area contributed by atoms with Crippen molar-refractivity contribution in [3.05, 3.63) is 0 Å². The summed E-state index contributed by atoms with van der Waals surface area (Å²) in [7, 11) is 2.64. The van der Waals surface area contributed by atoms with Crippen LogP contribution in [0.2, 0.25) is 0 Å². The molecule has 0 aromatic carbocycles. The second-order valence-corrected chi connectivity index (χ2v) is 4.09. The lowest BCUT2D eigenvalue weighted by Crippen LogP contribution is -2.29. The highest BCUT2D eigenvalue weighted by Crippen LogP contribution is 2.14. The molecule has 2 atom stereocenters. The van der Waals surface area contributed by atoms with E-state index in [4.69, 9.17) is 13.7 Å². The summed E-state index contributed by atoms with van der Waals surface area (Å²) in [5.74, 6) is 0. The van der Waals surface area contributed by atoms with Gasteiger partial charge in [0.2, 0.25) is 6.29 Å². The summed E-state index contributed by atoms with van der Waals surface area (Å²) in [5, 5.41) is 0.595. The first-order chi connectivity index (χ1) is 6.28. The smallest absolute Gasteiger partial charge is 0.214 e. The van der Waals surface area contributed by atoms with Crippen LogP contribution >= 0.6 is 46.3 Å². The fourth-order valence-electron chi connectivity index (χ4n) is 0.555. The molecule has 0 saturated heterocycles. The topological polar surface area (TPSA) is 44.8 Å². The van der Waals surface area contributed by atoms with Crippen molar-refractivity contribution >= 4 is 52.6 Å². The van der Waals surface area contributed by atoms with Gasteiger partial charge < -0.3 is 13.7 Å². The largest absolute Gasteiger partial charge is 0.350 e. The molecule has 1 unspecified atom stereocenters. The highest BCUT2D eigenvalue weighted by molar-refractivity contribution is 14.2. The molecule has 0 amide bonds. The Morgan fingerprint density at radius 3 is 2.77 bits per heavy atom. The molecule has 13 heavy (non-hydrogen) atoms. The predicted octanol–water partition coefficient (Wildman–Crippen LogP) is 1.95. The Hall–Kier alpha value is 1.11. The average Bonchev–Trinajstić information content (AvgIpc) is 2.19. The monoisotopic (exact) mass is 384 g/mol. The molecule has 0 aliphatic rings. The lowest BCUT2D eigenvalue weighted by molar-refractivity contribution is -0.163. The van der Waals surface area contributed by atoms with E-state index in [9.17, 15) is 4.79 Å². The maximum absolute atomic E-state index is 10.3. The third-order valence-corrected chi connectivity index (χ3v) is 2.85. The molecule has 78 valence electrons. The fourth-order valence-corrected chi connectivity index (χ4v) is 1.54. The van der Waals surface area contributed by atoms with Crippen molar-refractivity contribution in [2.45, 2.75) is 12.4 Å². The van der Waals surface area contributed by atoms with Gasteiger partial charge in [-0.1, -0.05) is 15.9 Å². The van der Waals surface area contributed by atoms with Crippen LogP contribution in [0.5, 0.6) is 0 Å². The number of methoxy groups -OCH3 is 1. The van der Waals surface area contributed by atoms with Crippen LogP contribution in [0.3, 0.4) is 0 Å². The molecule has 0 N–H and O–H groups in total. The highest BCUT2D eigenvalue weighted by atomic mass is 127. The van der Waals surface area contributed by atoms with E-state index in [1.807, 2.05) is 21.2 Å². The van der Waals surface area contributed by atoms with Gasteiger partial charge in [-0.05, 0) is 0 Å². The Morgan fingerprint density at radius 2 is 2.38 bits per heavy atom. The number of alkyl halides is 1. The number of carbonyl (C=O) groups excluding carboxylic acids is 1. The Bertz CT molecular complexity index is 140. The number of carbonyl (C=O) groups is 1. The van der Waals surface area contributed by atoms with E-state index < -0.39 is 6.29 Å². The minimum absolute atomic E-state index is 0.183. The van der Waals surface area contributed by atoms with Gasteiger partial charge in [0.1, 0.15) is 0 Å². The summed E-state index contributed by atoms with van der Waals surface area (Å²) in [6.07, 6.45) is -0.393. The molecule has 0 aromatic rings. The maximum Gasteiger partial charge on any atom is 0.214 e. The zero-order valence-electron chi connectivity index (χ0n) is 6.94. The van der Waals surface area contributed by atoms with E-state index in [2.05, 4.69) is 15.9 Å². The van der Waals surface area contributed by atoms with Crippen LogP contribution in [0.15, 0.2) is 0 Å². The van der Waals surface area contributed by atoms with Crippen LogP contribution in [0.25, 0.3) is 0 Å². The fraction of sp³-hybridized carbons (Fsp3) is 0.833. The van der Waals surface area contributed by atoms with E-state index in [1.54, 1.807) is 0 Å². The molecule has 0 aliphatic carbocycles. The van der Waals surface area contributed by atoms with Crippen LogP contribution < -0.4 is 0 Å². The van der Waals surface area contributed by atoms with Gasteiger partial charge in [-0.15, -0.1) is 0 Å². The van der Waals surface area contributed by atoms with Crippen molar-refractivity contribution in [1.29, 1.82) is 0 Å². The maximum atomic E-state index is 10.3. The number of aldehydes is 1. The summed E-state index contributed by atoms with van der Waals surface area (Å²) in [5.41, 5.74) is 0. The molecular weight excluding hydrogens is 375 g/mol. The van der Waals surface area contributed by atoms with Crippen molar-refractivity contribution in [3.8, 4) is 0 Å². The molecule has 0 aromatic heterocycles. The van der Waals surface area contributed by atoms with Crippen molar-refractivity contribution in [3.63, 3.8) is 0 Å². The van der Waals surface area contributed by atoms with Crippen molar-refractivity contribution in [1.82, 2.24) is 0 Å². The lowest BCUT2D eigenvalue weighted by atomic mass is 10.4. The molecule has 0 aliphatic heterocycles. The first-order valence-electron chi connectivity index (χ1n) is 3.38. The molecule has 0 saturated carbocycles. The average molecular weight is 385 g/mol. The van der Waals surface area contributed by atoms with Gasteiger partial charge in [0.15, 0.2) is 6.29 Å². The summed E-state index contributed by atoms with van der Waals surface area (Å²) >= 11 is 5.26. The summed E-state index contributed by atoms with van der Waals surface area (Å²) in [4.78, 5) is 10.3. The molecule has 0 rings (SSSR count). The van der Waals surface area contributed by atoms with Gasteiger partial charge in [-0.2, -0.15) is 0 Å². The van der Waals surface area contributed by atoms with Gasteiger partial charge in [-0.3, -0.25) is 4.79 Å². The second kappa shape index (κ2) is 9.66. The van der Waals surface area contributed by atoms with E-state index in [1.165, 1.54) is 16.3 Å². The standard InChI is InChI=1S/C6H10BrIO4S/c1-10-6(3-9)12-5(2-7)4-11-13-8/h3,5-6H,2,4H2,1H3/t5?,6-/m0/s1. The van der Waals surface area contributed by atoms with Gasteiger partial charge in [-0.25, -0.2) is 0 Å². The van der Waals surface area contributed by atoms with Crippen LogP contribution in [-0.4, -0.2) is 37.7 Å². The molecule has 4 nitrogen and oxygen atoms in total. The molecule has 0 spiro atoms. The summed E-state index contributed by atoms with van der Waals surface area (Å²) in [6.45, 7) is 0.409. The number of hydrogen-bond acceptors (Lipinski definition) is 5. The number of ether oxygens (including phenoxy) is 2. The van der Waals surface area contributed by atoms with Gasteiger partial charge in [0, 0.05) is 33.6 Å².